The highest BCUT2D eigenvalue weighted by Crippen LogP contribution is 2.29. The molecule has 4 heteroatoms. The maximum absolute atomic E-state index is 13.3. The van der Waals surface area contributed by atoms with Crippen LogP contribution in [0.1, 0.15) is 32.3 Å². The molecule has 1 saturated heterocycles. The summed E-state index contributed by atoms with van der Waals surface area (Å²) >= 11 is 0. The van der Waals surface area contributed by atoms with Gasteiger partial charge >= 0.3 is 0 Å². The van der Waals surface area contributed by atoms with Crippen LogP contribution < -0.4 is 10.2 Å². The van der Waals surface area contributed by atoms with E-state index in [4.69, 9.17) is 0 Å². The van der Waals surface area contributed by atoms with Crippen molar-refractivity contribution in [3.05, 3.63) is 23.6 Å². The van der Waals surface area contributed by atoms with Gasteiger partial charge in [-0.15, -0.1) is 0 Å². The summed E-state index contributed by atoms with van der Waals surface area (Å²) in [6, 6.07) is 2.05. The van der Waals surface area contributed by atoms with Crippen molar-refractivity contribution in [2.75, 3.05) is 18.5 Å². The molecule has 0 radical (unpaired) electrons. The summed E-state index contributed by atoms with van der Waals surface area (Å²) in [6.45, 7) is 6.18. The highest BCUT2D eigenvalue weighted by molar-refractivity contribution is 5.48. The lowest BCUT2D eigenvalue weighted by atomic mass is 9.92. The summed E-state index contributed by atoms with van der Waals surface area (Å²) < 4.78 is 13.3. The van der Waals surface area contributed by atoms with Crippen LogP contribution in [0.25, 0.3) is 0 Å². The minimum atomic E-state index is -0.262. The van der Waals surface area contributed by atoms with Crippen LogP contribution in [0.2, 0.25) is 0 Å². The van der Waals surface area contributed by atoms with E-state index in [0.29, 0.717) is 18.5 Å². The summed E-state index contributed by atoms with van der Waals surface area (Å²) in [7, 11) is 1.87. The summed E-state index contributed by atoms with van der Waals surface area (Å²) in [5, 5.41) is 3.08. The maximum atomic E-state index is 13.3. The van der Waals surface area contributed by atoms with Crippen molar-refractivity contribution in [2.24, 2.45) is 5.92 Å². The standard InChI is InChI=1S/C14H22FN3/c1-10-5-4-6-18(11(10)2)14-12(8-16-3)7-13(15)9-17-14/h7,9-11,16H,4-6,8H2,1-3H3. The second kappa shape index (κ2) is 5.65. The predicted molar refractivity (Wildman–Crippen MR) is 72.2 cm³/mol. The molecular formula is C14H22FN3. The zero-order valence-electron chi connectivity index (χ0n) is 11.4. The Labute approximate surface area is 108 Å². The third-order valence-corrected chi connectivity index (χ3v) is 3.92. The molecule has 2 heterocycles. The first-order valence-corrected chi connectivity index (χ1v) is 6.69. The molecular weight excluding hydrogens is 229 g/mol. The van der Waals surface area contributed by atoms with Gasteiger partial charge in [0, 0.05) is 24.7 Å². The Bertz CT molecular complexity index is 408. The molecule has 0 saturated carbocycles. The normalized spacial score (nSPS) is 24.3. The number of aromatic nitrogens is 1. The van der Waals surface area contributed by atoms with Crippen LogP contribution in [-0.4, -0.2) is 24.6 Å². The molecule has 1 aliphatic heterocycles. The molecule has 2 rings (SSSR count). The molecule has 0 amide bonds. The van der Waals surface area contributed by atoms with E-state index in [1.165, 1.54) is 19.0 Å². The average Bonchev–Trinajstić information content (AvgIpc) is 2.34. The van der Waals surface area contributed by atoms with Gasteiger partial charge in [-0.25, -0.2) is 9.37 Å². The van der Waals surface area contributed by atoms with Crippen molar-refractivity contribution >= 4 is 5.82 Å². The Morgan fingerprint density at radius 1 is 1.50 bits per heavy atom. The van der Waals surface area contributed by atoms with Gasteiger partial charge in [0.15, 0.2) is 0 Å². The van der Waals surface area contributed by atoms with E-state index in [-0.39, 0.29) is 5.82 Å². The van der Waals surface area contributed by atoms with Gasteiger partial charge in [0.05, 0.1) is 6.20 Å². The van der Waals surface area contributed by atoms with E-state index >= 15 is 0 Å². The molecule has 1 N–H and O–H groups in total. The van der Waals surface area contributed by atoms with Crippen molar-refractivity contribution < 1.29 is 4.39 Å². The highest BCUT2D eigenvalue weighted by atomic mass is 19.1. The number of rotatable bonds is 3. The number of halogens is 1. The molecule has 2 unspecified atom stereocenters. The Hall–Kier alpha value is -1.16. The number of nitrogens with one attached hydrogen (secondary N) is 1. The van der Waals surface area contributed by atoms with Crippen molar-refractivity contribution in [3.63, 3.8) is 0 Å². The van der Waals surface area contributed by atoms with Crippen molar-refractivity contribution in [2.45, 2.75) is 39.3 Å². The van der Waals surface area contributed by atoms with Gasteiger partial charge in [-0.3, -0.25) is 0 Å². The van der Waals surface area contributed by atoms with Crippen molar-refractivity contribution in [1.82, 2.24) is 10.3 Å². The summed E-state index contributed by atoms with van der Waals surface area (Å²) in [5.74, 6) is 1.33. The zero-order valence-corrected chi connectivity index (χ0v) is 11.4. The fourth-order valence-electron chi connectivity index (χ4n) is 2.69. The van der Waals surface area contributed by atoms with Crippen molar-refractivity contribution in [1.29, 1.82) is 0 Å². The monoisotopic (exact) mass is 251 g/mol. The first-order valence-electron chi connectivity index (χ1n) is 6.69. The molecule has 1 aromatic rings. The molecule has 1 aromatic heterocycles. The third-order valence-electron chi connectivity index (χ3n) is 3.92. The van der Waals surface area contributed by atoms with Gasteiger partial charge in [-0.05, 0) is 38.8 Å². The van der Waals surface area contributed by atoms with E-state index in [0.717, 1.165) is 17.9 Å². The molecule has 1 fully saturated rings. The first-order chi connectivity index (χ1) is 8.63. The molecule has 18 heavy (non-hydrogen) atoms. The average molecular weight is 251 g/mol. The van der Waals surface area contributed by atoms with Gasteiger partial charge in [0.25, 0.3) is 0 Å². The van der Waals surface area contributed by atoms with Crippen LogP contribution in [0, 0.1) is 11.7 Å². The third kappa shape index (κ3) is 2.64. The molecule has 0 aliphatic carbocycles. The minimum absolute atomic E-state index is 0.262. The number of pyridine rings is 1. The lowest BCUT2D eigenvalue weighted by molar-refractivity contribution is 0.360. The summed E-state index contributed by atoms with van der Waals surface area (Å²) in [4.78, 5) is 6.64. The molecule has 100 valence electrons. The lowest BCUT2D eigenvalue weighted by Crippen LogP contribution is -2.43. The quantitative estimate of drug-likeness (QED) is 0.895. The first kappa shape index (κ1) is 13.3. The SMILES string of the molecule is CNCc1cc(F)cnc1N1CCCC(C)C1C. The van der Waals surface area contributed by atoms with E-state index in [9.17, 15) is 4.39 Å². The van der Waals surface area contributed by atoms with Gasteiger partial charge in [-0.2, -0.15) is 0 Å². The summed E-state index contributed by atoms with van der Waals surface area (Å²) in [5.41, 5.74) is 0.943. The number of piperidine rings is 1. The Morgan fingerprint density at radius 2 is 2.28 bits per heavy atom. The number of hydrogen-bond acceptors (Lipinski definition) is 3. The smallest absolute Gasteiger partial charge is 0.141 e. The van der Waals surface area contributed by atoms with Crippen LogP contribution in [0.3, 0.4) is 0 Å². The van der Waals surface area contributed by atoms with Crippen LogP contribution in [0.4, 0.5) is 10.2 Å². The number of nitrogens with zero attached hydrogens (tertiary/aromatic N) is 2. The predicted octanol–water partition coefficient (Wildman–Crippen LogP) is 2.56. The fourth-order valence-corrected chi connectivity index (χ4v) is 2.69. The van der Waals surface area contributed by atoms with E-state index in [2.05, 4.69) is 29.0 Å². The molecule has 0 bridgehead atoms. The molecule has 0 aromatic carbocycles. The minimum Gasteiger partial charge on any atom is -0.353 e. The Morgan fingerprint density at radius 3 is 3.00 bits per heavy atom. The van der Waals surface area contributed by atoms with E-state index in [1.807, 2.05) is 7.05 Å². The topological polar surface area (TPSA) is 28.2 Å². The largest absolute Gasteiger partial charge is 0.353 e. The maximum Gasteiger partial charge on any atom is 0.141 e. The van der Waals surface area contributed by atoms with Gasteiger partial charge in [-0.1, -0.05) is 6.92 Å². The zero-order chi connectivity index (χ0) is 13.1. The number of anilines is 1. The molecule has 0 spiro atoms. The second-order valence-corrected chi connectivity index (χ2v) is 5.22. The summed E-state index contributed by atoms with van der Waals surface area (Å²) in [6.07, 6.45) is 3.77. The Kier molecular flexibility index (Phi) is 4.17. The molecule has 1 aliphatic rings. The highest BCUT2D eigenvalue weighted by Gasteiger charge is 2.27. The second-order valence-electron chi connectivity index (χ2n) is 5.22. The van der Waals surface area contributed by atoms with Crippen molar-refractivity contribution in [3.8, 4) is 0 Å². The van der Waals surface area contributed by atoms with Crippen LogP contribution in [0.15, 0.2) is 12.3 Å². The van der Waals surface area contributed by atoms with Crippen LogP contribution in [-0.2, 0) is 6.54 Å². The fraction of sp³-hybridized carbons (Fsp3) is 0.643. The van der Waals surface area contributed by atoms with Gasteiger partial charge < -0.3 is 10.2 Å². The van der Waals surface area contributed by atoms with Crippen LogP contribution in [0.5, 0.6) is 0 Å². The van der Waals surface area contributed by atoms with Gasteiger partial charge in [0.1, 0.15) is 11.6 Å². The van der Waals surface area contributed by atoms with Gasteiger partial charge in [0.2, 0.25) is 0 Å². The lowest BCUT2D eigenvalue weighted by Gasteiger charge is -2.39. The Balaban J connectivity index is 2.31. The molecule has 3 nitrogen and oxygen atoms in total. The van der Waals surface area contributed by atoms with E-state index < -0.39 is 0 Å². The van der Waals surface area contributed by atoms with Crippen LogP contribution >= 0.6 is 0 Å². The number of hydrogen-bond donors (Lipinski definition) is 1. The molecule has 2 atom stereocenters. The van der Waals surface area contributed by atoms with E-state index in [1.54, 1.807) is 6.07 Å².